The van der Waals surface area contributed by atoms with E-state index in [9.17, 15) is 22.8 Å². The van der Waals surface area contributed by atoms with Crippen molar-refractivity contribution in [1.29, 1.82) is 0 Å². The molecule has 2 aromatic heterocycles. The lowest BCUT2D eigenvalue weighted by molar-refractivity contribution is -0.137. The molecule has 1 saturated heterocycles. The predicted molar refractivity (Wildman–Crippen MR) is 135 cm³/mol. The van der Waals surface area contributed by atoms with E-state index in [0.29, 0.717) is 35.5 Å². The van der Waals surface area contributed by atoms with Crippen molar-refractivity contribution in [2.75, 3.05) is 25.4 Å². The number of piperazine rings is 1. The van der Waals surface area contributed by atoms with Gasteiger partial charge in [0.2, 0.25) is 0 Å². The van der Waals surface area contributed by atoms with E-state index < -0.39 is 35.4 Å². The first-order valence-electron chi connectivity index (χ1n) is 12.4. The second-order valence-electron chi connectivity index (χ2n) is 10.6. The number of fused-ring (bicyclic) bond motifs is 3. The molecule has 4 heterocycles. The lowest BCUT2D eigenvalue weighted by atomic mass is 9.99. The van der Waals surface area contributed by atoms with Gasteiger partial charge in [0, 0.05) is 30.6 Å². The lowest BCUT2D eigenvalue weighted by Gasteiger charge is -2.41. The lowest BCUT2D eigenvalue weighted by Crippen LogP contribution is -2.53. The molecule has 0 radical (unpaired) electrons. The average molecular weight is 544 g/mol. The first-order chi connectivity index (χ1) is 18.3. The number of anilines is 1. The SMILES string of the molecule is CC(C)(C)OC(=O)N1CCN(C(=O)c2cc3c4c(c(N)nc3cn2)COC4)[C@H](c2ccc(C(F)(F)F)cc2)C1. The fourth-order valence-corrected chi connectivity index (χ4v) is 4.84. The summed E-state index contributed by atoms with van der Waals surface area (Å²) in [4.78, 5) is 38.3. The number of nitrogen functional groups attached to an aromatic ring is 1. The molecule has 1 fully saturated rings. The minimum absolute atomic E-state index is 0.0426. The van der Waals surface area contributed by atoms with Crippen molar-refractivity contribution in [1.82, 2.24) is 19.8 Å². The molecule has 2 N–H and O–H groups in total. The Kier molecular flexibility index (Phi) is 6.61. The van der Waals surface area contributed by atoms with Crippen LogP contribution in [0.15, 0.2) is 36.5 Å². The van der Waals surface area contributed by atoms with Crippen LogP contribution in [0.4, 0.5) is 23.8 Å². The Labute approximate surface area is 222 Å². The number of rotatable bonds is 2. The van der Waals surface area contributed by atoms with Gasteiger partial charge in [-0.25, -0.2) is 14.8 Å². The molecule has 1 atom stereocenters. The smallest absolute Gasteiger partial charge is 0.416 e. The topological polar surface area (TPSA) is 111 Å². The highest BCUT2D eigenvalue weighted by Gasteiger charge is 2.37. The van der Waals surface area contributed by atoms with Gasteiger partial charge in [-0.15, -0.1) is 0 Å². The van der Waals surface area contributed by atoms with E-state index in [2.05, 4.69) is 9.97 Å². The van der Waals surface area contributed by atoms with Gasteiger partial charge in [-0.3, -0.25) is 4.79 Å². The van der Waals surface area contributed by atoms with Crippen LogP contribution in [0.25, 0.3) is 10.9 Å². The predicted octanol–water partition coefficient (Wildman–Crippen LogP) is 4.70. The normalized spacial score (nSPS) is 17.8. The molecule has 0 aliphatic carbocycles. The van der Waals surface area contributed by atoms with Crippen LogP contribution in [0.5, 0.6) is 0 Å². The summed E-state index contributed by atoms with van der Waals surface area (Å²) < 4.78 is 50.6. The van der Waals surface area contributed by atoms with Crippen LogP contribution in [0.2, 0.25) is 0 Å². The largest absolute Gasteiger partial charge is 0.444 e. The minimum Gasteiger partial charge on any atom is -0.444 e. The number of carbonyl (C=O) groups excluding carboxylic acids is 2. The average Bonchev–Trinajstić information content (AvgIpc) is 3.38. The van der Waals surface area contributed by atoms with Crippen LogP contribution < -0.4 is 5.73 Å². The third-order valence-electron chi connectivity index (χ3n) is 6.75. The van der Waals surface area contributed by atoms with Crippen molar-refractivity contribution < 1.29 is 32.2 Å². The first kappa shape index (κ1) is 26.7. The third kappa shape index (κ3) is 5.33. The molecule has 206 valence electrons. The van der Waals surface area contributed by atoms with Crippen LogP contribution in [0.3, 0.4) is 0 Å². The van der Waals surface area contributed by atoms with E-state index in [1.54, 1.807) is 26.8 Å². The highest BCUT2D eigenvalue weighted by Crippen LogP contribution is 2.34. The molecule has 9 nitrogen and oxygen atoms in total. The quantitative estimate of drug-likeness (QED) is 0.499. The third-order valence-corrected chi connectivity index (χ3v) is 6.75. The second kappa shape index (κ2) is 9.67. The Morgan fingerprint density at radius 1 is 1.08 bits per heavy atom. The maximum atomic E-state index is 13.8. The fourth-order valence-electron chi connectivity index (χ4n) is 4.84. The molecule has 2 amide bonds. The summed E-state index contributed by atoms with van der Waals surface area (Å²) >= 11 is 0. The molecule has 0 saturated carbocycles. The number of aromatic nitrogens is 2. The van der Waals surface area contributed by atoms with Crippen molar-refractivity contribution in [3.05, 3.63) is 64.5 Å². The number of benzene rings is 1. The number of alkyl halides is 3. The van der Waals surface area contributed by atoms with Gasteiger partial charge in [0.25, 0.3) is 5.91 Å². The van der Waals surface area contributed by atoms with Crippen molar-refractivity contribution in [2.45, 2.75) is 51.8 Å². The summed E-state index contributed by atoms with van der Waals surface area (Å²) in [5.41, 5.74) is 7.26. The van der Waals surface area contributed by atoms with Crippen molar-refractivity contribution in [2.24, 2.45) is 0 Å². The number of nitrogens with zero attached hydrogens (tertiary/aromatic N) is 4. The zero-order valence-corrected chi connectivity index (χ0v) is 21.7. The number of ether oxygens (including phenoxy) is 2. The maximum Gasteiger partial charge on any atom is 0.416 e. The van der Waals surface area contributed by atoms with Crippen LogP contribution >= 0.6 is 0 Å². The van der Waals surface area contributed by atoms with Gasteiger partial charge in [-0.2, -0.15) is 13.2 Å². The van der Waals surface area contributed by atoms with Gasteiger partial charge >= 0.3 is 12.3 Å². The summed E-state index contributed by atoms with van der Waals surface area (Å²) in [6.07, 6.45) is -3.59. The van der Waals surface area contributed by atoms with Crippen LogP contribution in [-0.4, -0.2) is 57.0 Å². The zero-order chi connectivity index (χ0) is 28.1. The van der Waals surface area contributed by atoms with Gasteiger partial charge in [0.05, 0.1) is 36.5 Å². The summed E-state index contributed by atoms with van der Waals surface area (Å²) in [5, 5.41) is 0.702. The highest BCUT2D eigenvalue weighted by molar-refractivity contribution is 5.97. The van der Waals surface area contributed by atoms with E-state index >= 15 is 0 Å². The van der Waals surface area contributed by atoms with Crippen molar-refractivity contribution in [3.8, 4) is 0 Å². The Hall–Kier alpha value is -3.93. The summed E-state index contributed by atoms with van der Waals surface area (Å²) in [7, 11) is 0. The molecule has 2 aliphatic rings. The highest BCUT2D eigenvalue weighted by atomic mass is 19.4. The molecule has 0 spiro atoms. The number of hydrogen-bond donors (Lipinski definition) is 1. The molecule has 0 bridgehead atoms. The molecular formula is C27H28F3N5O4. The molecule has 39 heavy (non-hydrogen) atoms. The number of carbonyl (C=O) groups is 2. The van der Waals surface area contributed by atoms with Crippen LogP contribution in [0, 0.1) is 0 Å². The molecule has 12 heteroatoms. The Balaban J connectivity index is 1.49. The maximum absolute atomic E-state index is 13.8. The summed E-state index contributed by atoms with van der Waals surface area (Å²) in [6, 6.07) is 5.52. The van der Waals surface area contributed by atoms with Gasteiger partial charge < -0.3 is 25.0 Å². The number of amides is 2. The van der Waals surface area contributed by atoms with E-state index in [1.807, 2.05) is 0 Å². The van der Waals surface area contributed by atoms with Crippen molar-refractivity contribution >= 4 is 28.7 Å². The number of pyridine rings is 2. The molecule has 1 aromatic carbocycles. The Morgan fingerprint density at radius 3 is 2.44 bits per heavy atom. The van der Waals surface area contributed by atoms with Crippen LogP contribution in [-0.2, 0) is 28.9 Å². The molecular weight excluding hydrogens is 515 g/mol. The number of hydrogen-bond acceptors (Lipinski definition) is 7. The number of halogens is 3. The molecule has 0 unspecified atom stereocenters. The number of nitrogens with two attached hydrogens (primary N) is 1. The Bertz CT molecular complexity index is 1440. The minimum atomic E-state index is -4.50. The van der Waals surface area contributed by atoms with Gasteiger partial charge in [-0.1, -0.05) is 12.1 Å². The van der Waals surface area contributed by atoms with Gasteiger partial charge in [0.15, 0.2) is 0 Å². The van der Waals surface area contributed by atoms with Gasteiger partial charge in [0.1, 0.15) is 17.1 Å². The first-order valence-corrected chi connectivity index (χ1v) is 12.4. The monoisotopic (exact) mass is 543 g/mol. The molecule has 3 aromatic rings. The Morgan fingerprint density at radius 2 is 1.77 bits per heavy atom. The molecule has 5 rings (SSSR count). The van der Waals surface area contributed by atoms with E-state index in [4.69, 9.17) is 15.2 Å². The summed E-state index contributed by atoms with van der Waals surface area (Å²) in [5.74, 6) is -0.0633. The zero-order valence-electron chi connectivity index (χ0n) is 21.7. The van der Waals surface area contributed by atoms with Crippen LogP contribution in [0.1, 0.15) is 59.6 Å². The summed E-state index contributed by atoms with van der Waals surface area (Å²) in [6.45, 7) is 6.25. The van der Waals surface area contributed by atoms with E-state index in [-0.39, 0.29) is 25.3 Å². The second-order valence-corrected chi connectivity index (χ2v) is 10.6. The van der Waals surface area contributed by atoms with E-state index in [0.717, 1.165) is 23.3 Å². The standard InChI is InChI=1S/C27H28F3N5O4/c1-26(2,3)39-25(37)34-8-9-35(22(12-34)15-4-6-16(7-5-15)27(28,29)30)24(36)20-10-17-18-13-38-14-19(18)23(31)33-21(17)11-32-20/h4-7,10-11,22H,8-9,12-14H2,1-3H3,(H2,31,33)/t22-/m0/s1. The molecule has 2 aliphatic heterocycles. The van der Waals surface area contributed by atoms with Gasteiger partial charge in [-0.05, 0) is 50.1 Å². The van der Waals surface area contributed by atoms with Crippen molar-refractivity contribution in [3.63, 3.8) is 0 Å². The van der Waals surface area contributed by atoms with E-state index in [1.165, 1.54) is 28.1 Å². The fraction of sp³-hybridized carbons (Fsp3) is 0.407.